The Morgan fingerprint density at radius 3 is 2.53 bits per heavy atom. The second kappa shape index (κ2) is 7.96. The van der Waals surface area contributed by atoms with Gasteiger partial charge in [0, 0.05) is 24.0 Å². The molecule has 184 valence electrons. The zero-order chi connectivity index (χ0) is 24.5. The number of carbonyl (C=O) groups is 2. The van der Waals surface area contributed by atoms with E-state index in [-0.39, 0.29) is 34.8 Å². The number of rotatable bonds is 2. The fourth-order valence-corrected chi connectivity index (χ4v) is 8.19. The summed E-state index contributed by atoms with van der Waals surface area (Å²) in [4.78, 5) is 24.4. The summed E-state index contributed by atoms with van der Waals surface area (Å²) in [6.07, 6.45) is 15.6. The van der Waals surface area contributed by atoms with Crippen molar-refractivity contribution in [1.82, 2.24) is 0 Å². The van der Waals surface area contributed by atoms with Gasteiger partial charge in [-0.15, -0.1) is 0 Å². The molecule has 2 aliphatic heterocycles. The van der Waals surface area contributed by atoms with E-state index in [9.17, 15) is 9.59 Å². The highest BCUT2D eigenvalue weighted by molar-refractivity contribution is 5.88. The molecule has 6 atom stereocenters. The van der Waals surface area contributed by atoms with Crippen molar-refractivity contribution in [1.29, 1.82) is 0 Å². The SMILES string of the molecule is CC1=CCC(C(C)[C@H]2CC[C@@]3(C)C4=C(C=C5C=CC(=O)OC(C)(C)[C@@H]5CC4)CC[C@]23C)OC1=O. The van der Waals surface area contributed by atoms with Crippen LogP contribution in [0.5, 0.6) is 0 Å². The van der Waals surface area contributed by atoms with Crippen molar-refractivity contribution >= 4 is 11.9 Å². The molecule has 0 amide bonds. The lowest BCUT2D eigenvalue weighted by atomic mass is 9.52. The fourth-order valence-electron chi connectivity index (χ4n) is 8.19. The molecule has 0 aromatic carbocycles. The third kappa shape index (κ3) is 3.46. The van der Waals surface area contributed by atoms with Gasteiger partial charge in [-0.25, -0.2) is 9.59 Å². The molecule has 4 heteroatoms. The van der Waals surface area contributed by atoms with E-state index in [0.717, 1.165) is 37.7 Å². The summed E-state index contributed by atoms with van der Waals surface area (Å²) in [5, 5.41) is 0. The first-order valence-electron chi connectivity index (χ1n) is 13.2. The maximum absolute atomic E-state index is 12.3. The molecule has 4 nitrogen and oxygen atoms in total. The number of carbonyl (C=O) groups excluding carboxylic acids is 2. The fraction of sp³-hybridized carbons (Fsp3) is 0.667. The minimum atomic E-state index is -0.505. The van der Waals surface area contributed by atoms with Crippen LogP contribution in [0.25, 0.3) is 0 Å². The van der Waals surface area contributed by atoms with Crippen LogP contribution in [-0.4, -0.2) is 23.6 Å². The Hall–Kier alpha value is -2.10. The standard InChI is InChI=1S/C30H40O4/c1-18-7-11-25(33-27(18)32)19(2)22-14-16-30(6)24-10-9-23-20(8-12-26(31)34-28(23,3)4)17-21(24)13-15-29(22,30)5/h7-8,12,17,19,22-23,25H,9-11,13-16H2,1-6H3/t19?,22-,23-,25?,29-,30+/m1/s1. The highest BCUT2D eigenvalue weighted by atomic mass is 16.6. The molecule has 0 bridgehead atoms. The number of allylic oxidation sites excluding steroid dienone is 4. The average Bonchev–Trinajstić information content (AvgIpc) is 2.88. The Labute approximate surface area is 204 Å². The van der Waals surface area contributed by atoms with E-state index in [1.807, 2.05) is 13.0 Å². The normalized spacial score (nSPS) is 40.0. The topological polar surface area (TPSA) is 52.6 Å². The lowest BCUT2D eigenvalue weighted by Crippen LogP contribution is -2.46. The first kappa shape index (κ1) is 23.6. The van der Waals surface area contributed by atoms with Crippen LogP contribution in [0, 0.1) is 28.6 Å². The average molecular weight is 465 g/mol. The van der Waals surface area contributed by atoms with Gasteiger partial charge in [-0.3, -0.25) is 0 Å². The number of hydrogen-bond acceptors (Lipinski definition) is 4. The van der Waals surface area contributed by atoms with Crippen molar-refractivity contribution in [3.8, 4) is 0 Å². The van der Waals surface area contributed by atoms with Gasteiger partial charge < -0.3 is 9.47 Å². The van der Waals surface area contributed by atoms with Crippen LogP contribution >= 0.6 is 0 Å². The Balaban J connectivity index is 1.47. The molecule has 5 rings (SSSR count). The van der Waals surface area contributed by atoms with Gasteiger partial charge in [0.1, 0.15) is 11.7 Å². The Kier molecular flexibility index (Phi) is 5.53. The van der Waals surface area contributed by atoms with E-state index < -0.39 is 5.60 Å². The molecule has 34 heavy (non-hydrogen) atoms. The highest BCUT2D eigenvalue weighted by Gasteiger charge is 2.60. The number of fused-ring (bicyclic) bond motifs is 3. The van der Waals surface area contributed by atoms with Gasteiger partial charge in [-0.1, -0.05) is 44.6 Å². The summed E-state index contributed by atoms with van der Waals surface area (Å²) < 4.78 is 11.7. The van der Waals surface area contributed by atoms with Crippen LogP contribution in [0.2, 0.25) is 0 Å². The summed E-state index contributed by atoms with van der Waals surface area (Å²) in [6.45, 7) is 13.3. The predicted octanol–water partition coefficient (Wildman–Crippen LogP) is 6.63. The maximum Gasteiger partial charge on any atom is 0.333 e. The minimum absolute atomic E-state index is 0.0146. The maximum atomic E-state index is 12.3. The molecule has 1 fully saturated rings. The van der Waals surface area contributed by atoms with E-state index in [1.54, 1.807) is 11.6 Å². The van der Waals surface area contributed by atoms with Crippen molar-refractivity contribution in [2.24, 2.45) is 28.6 Å². The molecular formula is C30H40O4. The van der Waals surface area contributed by atoms with E-state index in [0.29, 0.717) is 11.8 Å². The molecule has 0 aromatic heterocycles. The molecule has 3 aliphatic carbocycles. The summed E-state index contributed by atoms with van der Waals surface area (Å²) in [6, 6.07) is 0. The third-order valence-electron chi connectivity index (χ3n) is 10.5. The first-order chi connectivity index (χ1) is 16.0. The number of hydrogen-bond donors (Lipinski definition) is 0. The predicted molar refractivity (Wildman–Crippen MR) is 133 cm³/mol. The Bertz CT molecular complexity index is 1040. The molecule has 0 N–H and O–H groups in total. The minimum Gasteiger partial charge on any atom is -0.458 e. The van der Waals surface area contributed by atoms with Crippen molar-refractivity contribution in [3.63, 3.8) is 0 Å². The molecule has 2 unspecified atom stereocenters. The van der Waals surface area contributed by atoms with Crippen molar-refractivity contribution in [3.05, 3.63) is 46.6 Å². The zero-order valence-electron chi connectivity index (χ0n) is 21.7. The van der Waals surface area contributed by atoms with Gasteiger partial charge in [0.25, 0.3) is 0 Å². The second-order valence-electron chi connectivity index (χ2n) is 12.4. The Morgan fingerprint density at radius 2 is 1.79 bits per heavy atom. The van der Waals surface area contributed by atoms with Gasteiger partial charge in [0.2, 0.25) is 0 Å². The molecule has 1 saturated carbocycles. The van der Waals surface area contributed by atoms with Gasteiger partial charge in [-0.2, -0.15) is 0 Å². The summed E-state index contributed by atoms with van der Waals surface area (Å²) in [7, 11) is 0. The number of esters is 2. The second-order valence-corrected chi connectivity index (χ2v) is 12.4. The number of ether oxygens (including phenoxy) is 2. The summed E-state index contributed by atoms with van der Waals surface area (Å²) >= 11 is 0. The smallest absolute Gasteiger partial charge is 0.333 e. The van der Waals surface area contributed by atoms with Crippen molar-refractivity contribution < 1.29 is 19.1 Å². The van der Waals surface area contributed by atoms with Gasteiger partial charge in [-0.05, 0) is 93.1 Å². The molecule has 0 spiro atoms. The highest BCUT2D eigenvalue weighted by Crippen LogP contribution is 2.68. The quantitative estimate of drug-likeness (QED) is 0.431. The monoisotopic (exact) mass is 464 g/mol. The first-order valence-corrected chi connectivity index (χ1v) is 13.2. The van der Waals surface area contributed by atoms with Gasteiger partial charge in [0.15, 0.2) is 0 Å². The summed E-state index contributed by atoms with van der Waals surface area (Å²) in [5.41, 5.74) is 4.93. The molecule has 5 aliphatic rings. The number of cyclic esters (lactones) is 2. The molecular weight excluding hydrogens is 424 g/mol. The van der Waals surface area contributed by atoms with E-state index in [2.05, 4.69) is 46.8 Å². The summed E-state index contributed by atoms with van der Waals surface area (Å²) in [5.74, 6) is 0.711. The van der Waals surface area contributed by atoms with Gasteiger partial charge >= 0.3 is 11.9 Å². The molecule has 0 radical (unpaired) electrons. The van der Waals surface area contributed by atoms with E-state index in [1.165, 1.54) is 24.0 Å². The van der Waals surface area contributed by atoms with Crippen LogP contribution in [0.15, 0.2) is 46.6 Å². The van der Waals surface area contributed by atoms with Crippen LogP contribution in [0.4, 0.5) is 0 Å². The molecule has 2 heterocycles. The lowest BCUT2D eigenvalue weighted by molar-refractivity contribution is -0.153. The van der Waals surface area contributed by atoms with Crippen molar-refractivity contribution in [2.45, 2.75) is 98.2 Å². The van der Waals surface area contributed by atoms with Crippen LogP contribution < -0.4 is 0 Å². The van der Waals surface area contributed by atoms with Crippen LogP contribution in [0.3, 0.4) is 0 Å². The third-order valence-corrected chi connectivity index (χ3v) is 10.5. The van der Waals surface area contributed by atoms with Gasteiger partial charge in [0.05, 0.1) is 0 Å². The van der Waals surface area contributed by atoms with Crippen molar-refractivity contribution in [2.75, 3.05) is 0 Å². The lowest BCUT2D eigenvalue weighted by Gasteiger charge is -2.52. The van der Waals surface area contributed by atoms with E-state index >= 15 is 0 Å². The largest absolute Gasteiger partial charge is 0.458 e. The van der Waals surface area contributed by atoms with Crippen LogP contribution in [-0.2, 0) is 19.1 Å². The zero-order valence-corrected chi connectivity index (χ0v) is 21.7. The molecule has 0 saturated heterocycles. The Morgan fingerprint density at radius 1 is 1.03 bits per heavy atom. The van der Waals surface area contributed by atoms with Crippen LogP contribution in [0.1, 0.15) is 86.5 Å². The molecule has 0 aromatic rings. The van der Waals surface area contributed by atoms with E-state index in [4.69, 9.17) is 9.47 Å².